The SMILES string of the molecule is CCN1CCN(c2ccc([N+](=O)[O-])cc2C=O)CC1C. The van der Waals surface area contributed by atoms with Gasteiger partial charge in [0, 0.05) is 49.1 Å². The molecular weight excluding hydrogens is 258 g/mol. The van der Waals surface area contributed by atoms with E-state index >= 15 is 0 Å². The van der Waals surface area contributed by atoms with E-state index < -0.39 is 4.92 Å². The van der Waals surface area contributed by atoms with Gasteiger partial charge in [0.2, 0.25) is 0 Å². The number of aldehydes is 1. The molecule has 108 valence electrons. The van der Waals surface area contributed by atoms with Gasteiger partial charge in [0.15, 0.2) is 6.29 Å². The minimum Gasteiger partial charge on any atom is -0.368 e. The molecule has 1 atom stereocenters. The van der Waals surface area contributed by atoms with Crippen molar-refractivity contribution in [2.24, 2.45) is 0 Å². The molecule has 0 saturated carbocycles. The summed E-state index contributed by atoms with van der Waals surface area (Å²) in [4.78, 5) is 26.0. The molecule has 1 heterocycles. The van der Waals surface area contributed by atoms with Crippen LogP contribution in [0, 0.1) is 10.1 Å². The molecular formula is C14H19N3O3. The minimum atomic E-state index is -0.478. The van der Waals surface area contributed by atoms with Crippen molar-refractivity contribution in [2.75, 3.05) is 31.1 Å². The molecule has 0 aliphatic carbocycles. The van der Waals surface area contributed by atoms with Crippen LogP contribution in [0.4, 0.5) is 11.4 Å². The van der Waals surface area contributed by atoms with Gasteiger partial charge in [-0.3, -0.25) is 19.8 Å². The molecule has 1 aliphatic rings. The lowest BCUT2D eigenvalue weighted by Gasteiger charge is -2.40. The summed E-state index contributed by atoms with van der Waals surface area (Å²) < 4.78 is 0. The maximum Gasteiger partial charge on any atom is 0.270 e. The predicted octanol–water partition coefficient (Wildman–Crippen LogP) is 1.94. The first-order valence-corrected chi connectivity index (χ1v) is 6.79. The van der Waals surface area contributed by atoms with Crippen LogP contribution in [0.15, 0.2) is 18.2 Å². The van der Waals surface area contributed by atoms with E-state index in [0.29, 0.717) is 17.9 Å². The molecule has 0 spiro atoms. The topological polar surface area (TPSA) is 66.7 Å². The fourth-order valence-corrected chi connectivity index (χ4v) is 2.72. The maximum atomic E-state index is 11.2. The molecule has 1 aliphatic heterocycles. The number of hydrogen-bond acceptors (Lipinski definition) is 5. The third-order valence-electron chi connectivity index (χ3n) is 3.86. The van der Waals surface area contributed by atoms with Crippen molar-refractivity contribution < 1.29 is 9.72 Å². The average molecular weight is 277 g/mol. The average Bonchev–Trinajstić information content (AvgIpc) is 2.46. The number of anilines is 1. The number of rotatable bonds is 4. The summed E-state index contributed by atoms with van der Waals surface area (Å²) in [5.74, 6) is 0. The van der Waals surface area contributed by atoms with Gasteiger partial charge in [0.05, 0.1) is 4.92 Å². The second kappa shape index (κ2) is 6.00. The Bertz CT molecular complexity index is 518. The zero-order valence-electron chi connectivity index (χ0n) is 11.8. The fourth-order valence-electron chi connectivity index (χ4n) is 2.72. The number of non-ortho nitro benzene ring substituents is 1. The number of carbonyl (C=O) groups excluding carboxylic acids is 1. The van der Waals surface area contributed by atoms with Crippen LogP contribution in [0.3, 0.4) is 0 Å². The highest BCUT2D eigenvalue weighted by Crippen LogP contribution is 2.26. The second-order valence-electron chi connectivity index (χ2n) is 5.04. The molecule has 1 aromatic carbocycles. The van der Waals surface area contributed by atoms with E-state index in [1.807, 2.05) is 0 Å². The van der Waals surface area contributed by atoms with Crippen molar-refractivity contribution in [2.45, 2.75) is 19.9 Å². The molecule has 20 heavy (non-hydrogen) atoms. The number of nitrogens with zero attached hydrogens (tertiary/aromatic N) is 3. The van der Waals surface area contributed by atoms with Crippen molar-refractivity contribution in [3.63, 3.8) is 0 Å². The lowest BCUT2D eigenvalue weighted by atomic mass is 10.1. The molecule has 1 saturated heterocycles. The van der Waals surface area contributed by atoms with E-state index in [9.17, 15) is 14.9 Å². The largest absolute Gasteiger partial charge is 0.368 e. The third kappa shape index (κ3) is 2.80. The van der Waals surface area contributed by atoms with Gasteiger partial charge < -0.3 is 4.90 Å². The molecule has 2 rings (SSSR count). The van der Waals surface area contributed by atoms with Crippen LogP contribution in [-0.4, -0.2) is 48.3 Å². The summed E-state index contributed by atoms with van der Waals surface area (Å²) in [5.41, 5.74) is 1.13. The van der Waals surface area contributed by atoms with Crippen LogP contribution in [0.5, 0.6) is 0 Å². The van der Waals surface area contributed by atoms with Gasteiger partial charge in [0.1, 0.15) is 0 Å². The van der Waals surface area contributed by atoms with Gasteiger partial charge >= 0.3 is 0 Å². The zero-order valence-corrected chi connectivity index (χ0v) is 11.8. The Labute approximate surface area is 118 Å². The van der Waals surface area contributed by atoms with Crippen molar-refractivity contribution in [1.82, 2.24) is 4.90 Å². The molecule has 0 radical (unpaired) electrons. The standard InChI is InChI=1S/C14H19N3O3/c1-3-15-6-7-16(9-11(15)2)14-5-4-13(17(19)20)8-12(14)10-18/h4-5,8,10-11H,3,6-7,9H2,1-2H3. The number of carbonyl (C=O) groups is 1. The summed E-state index contributed by atoms with van der Waals surface area (Å²) in [6.45, 7) is 7.89. The lowest BCUT2D eigenvalue weighted by Crippen LogP contribution is -2.51. The predicted molar refractivity (Wildman–Crippen MR) is 77.4 cm³/mol. The van der Waals surface area contributed by atoms with Crippen LogP contribution in [0.1, 0.15) is 24.2 Å². The van der Waals surface area contributed by atoms with E-state index in [2.05, 4.69) is 23.6 Å². The van der Waals surface area contributed by atoms with Crippen molar-refractivity contribution in [1.29, 1.82) is 0 Å². The number of nitro groups is 1. The maximum absolute atomic E-state index is 11.2. The van der Waals surface area contributed by atoms with Gasteiger partial charge in [-0.15, -0.1) is 0 Å². The molecule has 1 unspecified atom stereocenters. The highest BCUT2D eigenvalue weighted by Gasteiger charge is 2.24. The summed E-state index contributed by atoms with van der Waals surface area (Å²) in [7, 11) is 0. The highest BCUT2D eigenvalue weighted by atomic mass is 16.6. The molecule has 6 heteroatoms. The number of benzene rings is 1. The Balaban J connectivity index is 2.25. The van der Waals surface area contributed by atoms with E-state index in [1.165, 1.54) is 12.1 Å². The van der Waals surface area contributed by atoms with Crippen LogP contribution in [-0.2, 0) is 0 Å². The third-order valence-corrected chi connectivity index (χ3v) is 3.86. The summed E-state index contributed by atoms with van der Waals surface area (Å²) in [6, 6.07) is 4.89. The molecule has 0 amide bonds. The Hall–Kier alpha value is -1.95. The van der Waals surface area contributed by atoms with Crippen molar-refractivity contribution in [3.05, 3.63) is 33.9 Å². The first-order chi connectivity index (χ1) is 9.56. The molecule has 6 nitrogen and oxygen atoms in total. The van der Waals surface area contributed by atoms with E-state index in [1.54, 1.807) is 6.07 Å². The fraction of sp³-hybridized carbons (Fsp3) is 0.500. The zero-order chi connectivity index (χ0) is 14.7. The van der Waals surface area contributed by atoms with Crippen LogP contribution < -0.4 is 4.90 Å². The summed E-state index contributed by atoms with van der Waals surface area (Å²) >= 11 is 0. The van der Waals surface area contributed by atoms with Gasteiger partial charge in [-0.05, 0) is 19.5 Å². The van der Waals surface area contributed by atoms with Gasteiger partial charge in [-0.25, -0.2) is 0 Å². The summed E-state index contributed by atoms with van der Waals surface area (Å²) in [6.07, 6.45) is 0.694. The highest BCUT2D eigenvalue weighted by molar-refractivity contribution is 5.86. The number of nitro benzene ring substituents is 1. The molecule has 1 aromatic rings. The second-order valence-corrected chi connectivity index (χ2v) is 5.04. The van der Waals surface area contributed by atoms with Gasteiger partial charge in [-0.1, -0.05) is 6.92 Å². The molecule has 1 fully saturated rings. The Morgan fingerprint density at radius 1 is 1.45 bits per heavy atom. The number of piperazine rings is 1. The Morgan fingerprint density at radius 2 is 2.20 bits per heavy atom. The first kappa shape index (κ1) is 14.5. The number of likely N-dealkylation sites (N-methyl/N-ethyl adjacent to an activating group) is 1. The first-order valence-electron chi connectivity index (χ1n) is 6.79. The van der Waals surface area contributed by atoms with Crippen LogP contribution in [0.25, 0.3) is 0 Å². The summed E-state index contributed by atoms with van der Waals surface area (Å²) in [5, 5.41) is 10.8. The lowest BCUT2D eigenvalue weighted by molar-refractivity contribution is -0.384. The minimum absolute atomic E-state index is 0.0453. The van der Waals surface area contributed by atoms with Gasteiger partial charge in [-0.2, -0.15) is 0 Å². The van der Waals surface area contributed by atoms with E-state index in [4.69, 9.17) is 0 Å². The van der Waals surface area contributed by atoms with E-state index in [-0.39, 0.29) is 5.69 Å². The van der Waals surface area contributed by atoms with E-state index in [0.717, 1.165) is 31.9 Å². The smallest absolute Gasteiger partial charge is 0.270 e. The molecule has 0 bridgehead atoms. The Morgan fingerprint density at radius 3 is 2.75 bits per heavy atom. The van der Waals surface area contributed by atoms with Crippen LogP contribution in [0.2, 0.25) is 0 Å². The molecule has 0 aromatic heterocycles. The monoisotopic (exact) mass is 277 g/mol. The van der Waals surface area contributed by atoms with Crippen molar-refractivity contribution in [3.8, 4) is 0 Å². The molecule has 0 N–H and O–H groups in total. The normalized spacial score (nSPS) is 19.9. The number of hydrogen-bond donors (Lipinski definition) is 0. The Kier molecular flexibility index (Phi) is 4.34. The van der Waals surface area contributed by atoms with Crippen molar-refractivity contribution >= 4 is 17.7 Å². The van der Waals surface area contributed by atoms with Crippen LogP contribution >= 0.6 is 0 Å². The van der Waals surface area contributed by atoms with Gasteiger partial charge in [0.25, 0.3) is 5.69 Å². The quantitative estimate of drug-likeness (QED) is 0.478.